The second-order valence-electron chi connectivity index (χ2n) is 3.92. The summed E-state index contributed by atoms with van der Waals surface area (Å²) >= 11 is 0. The number of benzene rings is 1. The lowest BCUT2D eigenvalue weighted by atomic mass is 10.3. The zero-order valence-electron chi connectivity index (χ0n) is 10.5. The lowest BCUT2D eigenvalue weighted by molar-refractivity contribution is -0.267. The van der Waals surface area contributed by atoms with Crippen LogP contribution in [0.1, 0.15) is 0 Å². The van der Waals surface area contributed by atoms with Crippen molar-refractivity contribution in [1.82, 2.24) is 9.97 Å². The van der Waals surface area contributed by atoms with Gasteiger partial charge in [-0.25, -0.2) is 18.2 Å². The third-order valence-electron chi connectivity index (χ3n) is 2.61. The number of H-pyrrole nitrogens is 2. The van der Waals surface area contributed by atoms with Gasteiger partial charge in [0.25, 0.3) is 0 Å². The highest BCUT2D eigenvalue weighted by molar-refractivity contribution is 7.91. The summed E-state index contributed by atoms with van der Waals surface area (Å²) in [5.74, 6) is -0.264. The SMILES string of the molecule is COOCCS(=O)(=O)c1ccc2[nH]c(=O)c(=O)[nH]c2c1. The number of aromatic amines is 2. The Labute approximate surface area is 113 Å². The average molecular weight is 300 g/mol. The van der Waals surface area contributed by atoms with Crippen LogP contribution in [0.15, 0.2) is 32.7 Å². The number of fused-ring (bicyclic) bond motifs is 1. The molecule has 1 heterocycles. The highest BCUT2D eigenvalue weighted by Gasteiger charge is 2.15. The molecule has 8 nitrogen and oxygen atoms in total. The number of sulfone groups is 1. The van der Waals surface area contributed by atoms with E-state index in [4.69, 9.17) is 0 Å². The number of aromatic nitrogens is 2. The molecule has 108 valence electrons. The summed E-state index contributed by atoms with van der Waals surface area (Å²) in [5.41, 5.74) is -1.04. The molecule has 1 aromatic heterocycles. The van der Waals surface area contributed by atoms with Crippen LogP contribution in [0, 0.1) is 0 Å². The van der Waals surface area contributed by atoms with Crippen LogP contribution in [0.4, 0.5) is 0 Å². The zero-order chi connectivity index (χ0) is 14.8. The molecule has 20 heavy (non-hydrogen) atoms. The first-order valence-electron chi connectivity index (χ1n) is 5.59. The lowest BCUT2D eigenvalue weighted by Gasteiger charge is -2.05. The zero-order valence-corrected chi connectivity index (χ0v) is 11.3. The molecular weight excluding hydrogens is 288 g/mol. The summed E-state index contributed by atoms with van der Waals surface area (Å²) in [7, 11) is -2.28. The maximum absolute atomic E-state index is 12.0. The maximum Gasteiger partial charge on any atom is 0.314 e. The van der Waals surface area contributed by atoms with Crippen molar-refractivity contribution in [3.8, 4) is 0 Å². The van der Waals surface area contributed by atoms with Crippen LogP contribution in [0.3, 0.4) is 0 Å². The molecule has 2 aromatic rings. The molecule has 0 fully saturated rings. The lowest BCUT2D eigenvalue weighted by Crippen LogP contribution is -2.29. The maximum atomic E-state index is 12.0. The molecule has 9 heteroatoms. The van der Waals surface area contributed by atoms with Crippen LogP contribution in [-0.4, -0.2) is 37.9 Å². The van der Waals surface area contributed by atoms with Crippen LogP contribution in [0.5, 0.6) is 0 Å². The van der Waals surface area contributed by atoms with Crippen molar-refractivity contribution in [2.75, 3.05) is 19.5 Å². The third kappa shape index (κ3) is 2.95. The van der Waals surface area contributed by atoms with Crippen LogP contribution < -0.4 is 11.1 Å². The van der Waals surface area contributed by atoms with Crippen molar-refractivity contribution in [3.63, 3.8) is 0 Å². The molecular formula is C11H12N2O6S. The fourth-order valence-electron chi connectivity index (χ4n) is 1.63. The van der Waals surface area contributed by atoms with Crippen molar-refractivity contribution < 1.29 is 18.2 Å². The van der Waals surface area contributed by atoms with Gasteiger partial charge < -0.3 is 9.97 Å². The summed E-state index contributed by atoms with van der Waals surface area (Å²) in [4.78, 5) is 35.9. The molecule has 0 spiro atoms. The normalized spacial score (nSPS) is 11.8. The quantitative estimate of drug-likeness (QED) is 0.335. The number of hydrogen-bond acceptors (Lipinski definition) is 6. The van der Waals surface area contributed by atoms with Crippen molar-refractivity contribution in [2.24, 2.45) is 0 Å². The van der Waals surface area contributed by atoms with E-state index in [1.165, 1.54) is 25.3 Å². The molecule has 0 radical (unpaired) electrons. The molecule has 2 rings (SSSR count). The molecule has 0 bridgehead atoms. The molecule has 0 aliphatic heterocycles. The van der Waals surface area contributed by atoms with Crippen LogP contribution in [0.2, 0.25) is 0 Å². The first-order chi connectivity index (χ1) is 9.44. The van der Waals surface area contributed by atoms with Gasteiger partial charge in [0.1, 0.15) is 0 Å². The largest absolute Gasteiger partial charge is 0.316 e. The average Bonchev–Trinajstić information content (AvgIpc) is 2.39. The first kappa shape index (κ1) is 14.4. The summed E-state index contributed by atoms with van der Waals surface area (Å²) in [6, 6.07) is 4.05. The van der Waals surface area contributed by atoms with Gasteiger partial charge in [-0.15, -0.1) is 0 Å². The van der Waals surface area contributed by atoms with Gasteiger partial charge in [-0.2, -0.15) is 0 Å². The van der Waals surface area contributed by atoms with Gasteiger partial charge in [-0.05, 0) is 18.2 Å². The molecule has 0 aliphatic carbocycles. The Hall–Kier alpha value is -1.97. The van der Waals surface area contributed by atoms with E-state index >= 15 is 0 Å². The minimum Gasteiger partial charge on any atom is -0.316 e. The fourth-order valence-corrected chi connectivity index (χ4v) is 2.73. The number of hydrogen-bond donors (Lipinski definition) is 2. The Balaban J connectivity index is 2.43. The predicted octanol–water partition coefficient (Wildman–Crippen LogP) is -0.432. The van der Waals surface area contributed by atoms with Gasteiger partial charge >= 0.3 is 11.1 Å². The summed E-state index contributed by atoms with van der Waals surface area (Å²) in [5, 5.41) is 0. The molecule has 0 unspecified atom stereocenters. The molecule has 0 saturated carbocycles. The third-order valence-corrected chi connectivity index (χ3v) is 4.28. The minimum atomic E-state index is -3.57. The van der Waals surface area contributed by atoms with E-state index in [0.29, 0.717) is 5.52 Å². The van der Waals surface area contributed by atoms with Gasteiger partial charge in [0.2, 0.25) is 0 Å². The van der Waals surface area contributed by atoms with Gasteiger partial charge in [0, 0.05) is 0 Å². The van der Waals surface area contributed by atoms with Gasteiger partial charge in [0.05, 0.1) is 35.4 Å². The predicted molar refractivity (Wildman–Crippen MR) is 70.2 cm³/mol. The van der Waals surface area contributed by atoms with Crippen molar-refractivity contribution in [3.05, 3.63) is 38.9 Å². The van der Waals surface area contributed by atoms with Gasteiger partial charge in [-0.3, -0.25) is 9.59 Å². The van der Waals surface area contributed by atoms with E-state index in [9.17, 15) is 18.0 Å². The minimum absolute atomic E-state index is 0.0207. The highest BCUT2D eigenvalue weighted by atomic mass is 32.2. The summed E-state index contributed by atoms with van der Waals surface area (Å²) in [6.45, 7) is -0.112. The topological polar surface area (TPSA) is 118 Å². The number of rotatable bonds is 5. The smallest absolute Gasteiger partial charge is 0.314 e. The van der Waals surface area contributed by atoms with E-state index in [1.807, 2.05) is 0 Å². The van der Waals surface area contributed by atoms with Crippen molar-refractivity contribution in [1.29, 1.82) is 0 Å². The Morgan fingerprint density at radius 2 is 1.75 bits per heavy atom. The van der Waals surface area contributed by atoms with Crippen LogP contribution in [0.25, 0.3) is 11.0 Å². The monoisotopic (exact) mass is 300 g/mol. The van der Waals surface area contributed by atoms with Crippen LogP contribution in [-0.2, 0) is 19.6 Å². The standard InChI is InChI=1S/C11H12N2O6S/c1-18-19-4-5-20(16,17)7-2-3-8-9(6-7)13-11(15)10(14)12-8/h2-3,6H,4-5H2,1H3,(H,12,14)(H,13,15). The molecule has 0 amide bonds. The van der Waals surface area contributed by atoms with Gasteiger partial charge in [0.15, 0.2) is 9.84 Å². The highest BCUT2D eigenvalue weighted by Crippen LogP contribution is 2.15. The van der Waals surface area contributed by atoms with Gasteiger partial charge in [-0.1, -0.05) is 0 Å². The Morgan fingerprint density at radius 3 is 2.40 bits per heavy atom. The van der Waals surface area contributed by atoms with E-state index in [2.05, 4.69) is 19.7 Å². The summed E-state index contributed by atoms with van der Waals surface area (Å²) < 4.78 is 24.0. The molecule has 2 N–H and O–H groups in total. The molecule has 0 saturated heterocycles. The Kier molecular flexibility index (Phi) is 4.02. The van der Waals surface area contributed by atoms with E-state index in [0.717, 1.165) is 0 Å². The summed E-state index contributed by atoms with van der Waals surface area (Å²) in [6.07, 6.45) is 0. The second kappa shape index (κ2) is 5.57. The van der Waals surface area contributed by atoms with Crippen molar-refractivity contribution in [2.45, 2.75) is 4.90 Å². The Bertz CT molecular complexity index is 836. The first-order valence-corrected chi connectivity index (χ1v) is 7.24. The Morgan fingerprint density at radius 1 is 1.10 bits per heavy atom. The van der Waals surface area contributed by atoms with E-state index in [1.54, 1.807) is 0 Å². The van der Waals surface area contributed by atoms with Crippen LogP contribution >= 0.6 is 0 Å². The second-order valence-corrected chi connectivity index (χ2v) is 6.03. The van der Waals surface area contributed by atoms with E-state index < -0.39 is 21.0 Å². The van der Waals surface area contributed by atoms with Crippen molar-refractivity contribution >= 4 is 20.9 Å². The van der Waals surface area contributed by atoms with E-state index in [-0.39, 0.29) is 22.8 Å². The number of nitrogens with one attached hydrogen (secondary N) is 2. The molecule has 1 aromatic carbocycles. The molecule has 0 atom stereocenters. The fraction of sp³-hybridized carbons (Fsp3) is 0.273. The molecule has 0 aliphatic rings.